The van der Waals surface area contributed by atoms with Crippen molar-refractivity contribution < 1.29 is 4.79 Å². The summed E-state index contributed by atoms with van der Waals surface area (Å²) in [6.07, 6.45) is 8.57. The van der Waals surface area contributed by atoms with Gasteiger partial charge in [0.2, 0.25) is 0 Å². The van der Waals surface area contributed by atoms with Gasteiger partial charge in [-0.1, -0.05) is 19.8 Å². The standard InChI is InChI=1S/C15H22N2O/c1-2-4-11-6-8-12(9-7-11)14(18)13-5-3-10-17-15(13)16/h3,5,10-12H,2,4,6-9H2,1H3,(H2,16,17). The van der Waals surface area contributed by atoms with E-state index in [0.717, 1.165) is 18.8 Å². The predicted octanol–water partition coefficient (Wildman–Crippen LogP) is 3.45. The van der Waals surface area contributed by atoms with Gasteiger partial charge in [0, 0.05) is 12.1 Å². The summed E-state index contributed by atoms with van der Waals surface area (Å²) in [5.74, 6) is 1.55. The Bertz CT molecular complexity index is 409. The summed E-state index contributed by atoms with van der Waals surface area (Å²) in [6, 6.07) is 3.58. The highest BCUT2D eigenvalue weighted by Crippen LogP contribution is 2.33. The fourth-order valence-electron chi connectivity index (χ4n) is 2.97. The number of nitrogens with zero attached hydrogens (tertiary/aromatic N) is 1. The van der Waals surface area contributed by atoms with Gasteiger partial charge in [-0.05, 0) is 43.7 Å². The lowest BCUT2D eigenvalue weighted by atomic mass is 9.77. The number of pyridine rings is 1. The van der Waals surface area contributed by atoms with Crippen molar-refractivity contribution in [3.8, 4) is 0 Å². The first kappa shape index (κ1) is 13.1. The maximum atomic E-state index is 12.4. The van der Waals surface area contributed by atoms with E-state index in [1.165, 1.54) is 25.7 Å². The molecule has 0 bridgehead atoms. The van der Waals surface area contributed by atoms with Crippen molar-refractivity contribution in [2.24, 2.45) is 11.8 Å². The molecule has 0 saturated heterocycles. The van der Waals surface area contributed by atoms with Crippen LogP contribution in [0, 0.1) is 11.8 Å². The lowest BCUT2D eigenvalue weighted by Gasteiger charge is -2.27. The molecule has 98 valence electrons. The van der Waals surface area contributed by atoms with E-state index in [0.29, 0.717) is 11.4 Å². The van der Waals surface area contributed by atoms with E-state index in [1.807, 2.05) is 0 Å². The lowest BCUT2D eigenvalue weighted by molar-refractivity contribution is 0.0870. The highest BCUT2D eigenvalue weighted by Gasteiger charge is 2.27. The van der Waals surface area contributed by atoms with Crippen LogP contribution in [0.3, 0.4) is 0 Å². The molecule has 1 saturated carbocycles. The van der Waals surface area contributed by atoms with E-state index >= 15 is 0 Å². The molecule has 0 amide bonds. The van der Waals surface area contributed by atoms with E-state index in [2.05, 4.69) is 11.9 Å². The van der Waals surface area contributed by atoms with Crippen LogP contribution < -0.4 is 5.73 Å². The van der Waals surface area contributed by atoms with Crippen LogP contribution in [0.1, 0.15) is 55.8 Å². The fraction of sp³-hybridized carbons (Fsp3) is 0.600. The summed E-state index contributed by atoms with van der Waals surface area (Å²) in [4.78, 5) is 16.4. The molecule has 1 aromatic rings. The number of anilines is 1. The Morgan fingerprint density at radius 1 is 1.39 bits per heavy atom. The van der Waals surface area contributed by atoms with Gasteiger partial charge in [0.1, 0.15) is 5.82 Å². The topological polar surface area (TPSA) is 56.0 Å². The smallest absolute Gasteiger partial charge is 0.169 e. The van der Waals surface area contributed by atoms with Gasteiger partial charge in [0.25, 0.3) is 0 Å². The molecule has 0 unspecified atom stereocenters. The SMILES string of the molecule is CCCC1CCC(C(=O)c2cccnc2N)CC1. The molecule has 0 atom stereocenters. The molecule has 3 nitrogen and oxygen atoms in total. The third kappa shape index (κ3) is 2.89. The normalized spacial score (nSPS) is 23.8. The van der Waals surface area contributed by atoms with E-state index < -0.39 is 0 Å². The van der Waals surface area contributed by atoms with Crippen LogP contribution in [0.5, 0.6) is 0 Å². The van der Waals surface area contributed by atoms with Crippen LogP contribution >= 0.6 is 0 Å². The summed E-state index contributed by atoms with van der Waals surface area (Å²) in [5.41, 5.74) is 6.38. The first-order valence-corrected chi connectivity index (χ1v) is 6.97. The van der Waals surface area contributed by atoms with Gasteiger partial charge in [0.15, 0.2) is 5.78 Å². The molecule has 2 rings (SSSR count). The summed E-state index contributed by atoms with van der Waals surface area (Å²) < 4.78 is 0. The molecule has 18 heavy (non-hydrogen) atoms. The number of ketones is 1. The fourth-order valence-corrected chi connectivity index (χ4v) is 2.97. The van der Waals surface area contributed by atoms with Gasteiger partial charge in [-0.2, -0.15) is 0 Å². The Kier molecular flexibility index (Phi) is 4.34. The van der Waals surface area contributed by atoms with Gasteiger partial charge >= 0.3 is 0 Å². The quantitative estimate of drug-likeness (QED) is 0.828. The van der Waals surface area contributed by atoms with E-state index in [1.54, 1.807) is 18.3 Å². The number of hydrogen-bond donors (Lipinski definition) is 1. The highest BCUT2D eigenvalue weighted by molar-refractivity contribution is 6.01. The summed E-state index contributed by atoms with van der Waals surface area (Å²) in [6.45, 7) is 2.23. The number of rotatable bonds is 4. The van der Waals surface area contributed by atoms with Crippen LogP contribution in [0.4, 0.5) is 5.82 Å². The molecule has 2 N–H and O–H groups in total. The zero-order valence-corrected chi connectivity index (χ0v) is 11.1. The molecule has 1 aliphatic rings. The first-order valence-electron chi connectivity index (χ1n) is 6.97. The molecule has 1 fully saturated rings. The number of hydrogen-bond acceptors (Lipinski definition) is 3. The minimum absolute atomic E-state index is 0.157. The summed E-state index contributed by atoms with van der Waals surface area (Å²) in [5, 5.41) is 0. The zero-order valence-electron chi connectivity index (χ0n) is 11.1. The third-order valence-corrected chi connectivity index (χ3v) is 4.02. The second-order valence-electron chi connectivity index (χ2n) is 5.31. The van der Waals surface area contributed by atoms with Crippen molar-refractivity contribution in [3.63, 3.8) is 0 Å². The maximum absolute atomic E-state index is 12.4. The van der Waals surface area contributed by atoms with E-state index in [4.69, 9.17) is 5.73 Å². The molecule has 0 radical (unpaired) electrons. The van der Waals surface area contributed by atoms with Gasteiger partial charge in [-0.15, -0.1) is 0 Å². The summed E-state index contributed by atoms with van der Waals surface area (Å²) >= 11 is 0. The Morgan fingerprint density at radius 2 is 2.11 bits per heavy atom. The minimum Gasteiger partial charge on any atom is -0.383 e. The Hall–Kier alpha value is -1.38. The zero-order chi connectivity index (χ0) is 13.0. The Morgan fingerprint density at radius 3 is 2.72 bits per heavy atom. The maximum Gasteiger partial charge on any atom is 0.169 e. The van der Waals surface area contributed by atoms with Crippen molar-refractivity contribution in [1.82, 2.24) is 4.98 Å². The van der Waals surface area contributed by atoms with Crippen LogP contribution in [0.2, 0.25) is 0 Å². The first-order chi connectivity index (χ1) is 8.72. The average molecular weight is 246 g/mol. The number of nitrogens with two attached hydrogens (primary N) is 1. The predicted molar refractivity (Wildman–Crippen MR) is 73.3 cm³/mol. The number of nitrogen functional groups attached to an aromatic ring is 1. The average Bonchev–Trinajstić information content (AvgIpc) is 2.40. The van der Waals surface area contributed by atoms with Crippen LogP contribution in [0.15, 0.2) is 18.3 Å². The van der Waals surface area contributed by atoms with Crippen molar-refractivity contribution in [2.45, 2.75) is 45.4 Å². The number of Topliss-reactive ketones (excluding diaryl/α,β-unsaturated/α-hetero) is 1. The molecule has 3 heteroatoms. The third-order valence-electron chi connectivity index (χ3n) is 4.02. The van der Waals surface area contributed by atoms with Gasteiger partial charge in [-0.3, -0.25) is 4.79 Å². The molecular formula is C15H22N2O. The minimum atomic E-state index is 0.157. The number of aromatic nitrogens is 1. The molecule has 1 heterocycles. The van der Waals surface area contributed by atoms with E-state index in [9.17, 15) is 4.79 Å². The molecule has 0 spiro atoms. The lowest BCUT2D eigenvalue weighted by Crippen LogP contribution is -2.23. The van der Waals surface area contributed by atoms with Crippen LogP contribution in [0.25, 0.3) is 0 Å². The largest absolute Gasteiger partial charge is 0.383 e. The Balaban J connectivity index is 1.98. The van der Waals surface area contributed by atoms with Gasteiger partial charge < -0.3 is 5.73 Å². The van der Waals surface area contributed by atoms with Gasteiger partial charge in [-0.25, -0.2) is 4.98 Å². The monoisotopic (exact) mass is 246 g/mol. The van der Waals surface area contributed by atoms with Gasteiger partial charge in [0.05, 0.1) is 5.56 Å². The van der Waals surface area contributed by atoms with Crippen molar-refractivity contribution >= 4 is 11.6 Å². The van der Waals surface area contributed by atoms with Crippen molar-refractivity contribution in [2.75, 3.05) is 5.73 Å². The molecule has 0 aromatic carbocycles. The van der Waals surface area contributed by atoms with E-state index in [-0.39, 0.29) is 11.7 Å². The molecule has 0 aliphatic heterocycles. The molecule has 1 aliphatic carbocycles. The second-order valence-corrected chi connectivity index (χ2v) is 5.31. The Labute approximate surface area is 109 Å². The van der Waals surface area contributed by atoms with Crippen molar-refractivity contribution in [3.05, 3.63) is 23.9 Å². The molecule has 1 aromatic heterocycles. The number of carbonyl (C=O) groups excluding carboxylic acids is 1. The highest BCUT2D eigenvalue weighted by atomic mass is 16.1. The second kappa shape index (κ2) is 5.98. The number of carbonyl (C=O) groups is 1. The van der Waals surface area contributed by atoms with Crippen molar-refractivity contribution in [1.29, 1.82) is 0 Å². The van der Waals surface area contributed by atoms with Crippen LogP contribution in [-0.4, -0.2) is 10.8 Å². The van der Waals surface area contributed by atoms with Crippen LogP contribution in [-0.2, 0) is 0 Å². The summed E-state index contributed by atoms with van der Waals surface area (Å²) in [7, 11) is 0. The molecular weight excluding hydrogens is 224 g/mol.